The Kier molecular flexibility index (Phi) is 7.72. The molecule has 2 aromatic carbocycles. The molecule has 31 heavy (non-hydrogen) atoms. The third kappa shape index (κ3) is 6.36. The number of carbonyl (C=O) groups is 2. The highest BCUT2D eigenvalue weighted by molar-refractivity contribution is 5.96. The summed E-state index contributed by atoms with van der Waals surface area (Å²) in [5.41, 5.74) is 1.22. The molecule has 1 saturated heterocycles. The van der Waals surface area contributed by atoms with E-state index in [0.29, 0.717) is 25.9 Å². The number of rotatable bonds is 8. The van der Waals surface area contributed by atoms with E-state index in [1.807, 2.05) is 35.2 Å². The molecule has 0 radical (unpaired) electrons. The third-order valence-corrected chi connectivity index (χ3v) is 5.66. The zero-order chi connectivity index (χ0) is 22.2. The van der Waals surface area contributed by atoms with E-state index >= 15 is 0 Å². The average molecular weight is 425 g/mol. The topological polar surface area (TPSA) is 105 Å². The van der Waals surface area contributed by atoms with Gasteiger partial charge in [-0.2, -0.15) is 0 Å². The Morgan fingerprint density at radius 2 is 1.74 bits per heavy atom. The maximum absolute atomic E-state index is 12.6. The first-order valence-electron chi connectivity index (χ1n) is 10.6. The summed E-state index contributed by atoms with van der Waals surface area (Å²) < 4.78 is 0. The zero-order valence-corrected chi connectivity index (χ0v) is 17.6. The second-order valence-corrected chi connectivity index (χ2v) is 7.80. The van der Waals surface area contributed by atoms with Crippen LogP contribution in [0.15, 0.2) is 54.6 Å². The Morgan fingerprint density at radius 1 is 1.10 bits per heavy atom. The Hall–Kier alpha value is -3.26. The number of amides is 2. The van der Waals surface area contributed by atoms with Crippen molar-refractivity contribution in [3.05, 3.63) is 70.3 Å². The lowest BCUT2D eigenvalue weighted by atomic mass is 10.0. The fourth-order valence-electron chi connectivity index (χ4n) is 3.78. The largest absolute Gasteiger partial charge is 0.353 e. The quantitative estimate of drug-likeness (QED) is 0.500. The monoisotopic (exact) mass is 424 g/mol. The van der Waals surface area contributed by atoms with Crippen LogP contribution in [0.2, 0.25) is 0 Å². The predicted molar refractivity (Wildman–Crippen MR) is 119 cm³/mol. The van der Waals surface area contributed by atoms with Crippen LogP contribution < -0.4 is 10.6 Å². The van der Waals surface area contributed by atoms with Crippen molar-refractivity contribution in [1.82, 2.24) is 10.2 Å². The number of aryl methyl sites for hydroxylation is 1. The van der Waals surface area contributed by atoms with Gasteiger partial charge in [0.2, 0.25) is 11.8 Å². The number of hydrogen-bond acceptors (Lipinski definition) is 5. The zero-order valence-electron chi connectivity index (χ0n) is 17.6. The van der Waals surface area contributed by atoms with Crippen LogP contribution in [0.5, 0.6) is 0 Å². The van der Waals surface area contributed by atoms with Crippen molar-refractivity contribution in [3.63, 3.8) is 0 Å². The van der Waals surface area contributed by atoms with Crippen LogP contribution in [0, 0.1) is 10.1 Å². The lowest BCUT2D eigenvalue weighted by molar-refractivity contribution is -0.383. The lowest BCUT2D eigenvalue weighted by Crippen LogP contribution is -2.50. The Balaban J connectivity index is 1.44. The molecule has 1 unspecified atom stereocenters. The van der Waals surface area contributed by atoms with Crippen LogP contribution in [0.4, 0.5) is 11.4 Å². The van der Waals surface area contributed by atoms with Gasteiger partial charge < -0.3 is 10.6 Å². The van der Waals surface area contributed by atoms with E-state index in [1.54, 1.807) is 19.1 Å². The van der Waals surface area contributed by atoms with Gasteiger partial charge >= 0.3 is 0 Å². The molecule has 2 N–H and O–H groups in total. The number of nitro benzene ring substituents is 1. The average Bonchev–Trinajstić information content (AvgIpc) is 2.78. The van der Waals surface area contributed by atoms with Gasteiger partial charge in [-0.3, -0.25) is 24.6 Å². The highest BCUT2D eigenvalue weighted by Gasteiger charge is 2.28. The molecule has 8 heteroatoms. The number of para-hydroxylation sites is 2. The van der Waals surface area contributed by atoms with Crippen molar-refractivity contribution >= 4 is 23.2 Å². The van der Waals surface area contributed by atoms with Crippen LogP contribution in [0.3, 0.4) is 0 Å². The van der Waals surface area contributed by atoms with Crippen molar-refractivity contribution in [2.75, 3.05) is 18.4 Å². The van der Waals surface area contributed by atoms with E-state index in [2.05, 4.69) is 10.6 Å². The standard InChI is InChI=1S/C23H28N4O4/c1-17(23(29)25-20-9-5-6-10-21(20)27(30)31)26-15-13-19(14-16-26)24-22(28)12-11-18-7-3-2-4-8-18/h2-10,17,19H,11-16H2,1H3,(H,24,28)(H,25,29). The predicted octanol–water partition coefficient (Wildman–Crippen LogP) is 3.14. The van der Waals surface area contributed by atoms with Crippen molar-refractivity contribution in [2.45, 2.75) is 44.7 Å². The minimum atomic E-state index is -0.508. The highest BCUT2D eigenvalue weighted by Crippen LogP contribution is 2.24. The number of hydrogen-bond donors (Lipinski definition) is 2. The smallest absolute Gasteiger partial charge is 0.292 e. The SMILES string of the molecule is CC(C(=O)Nc1ccccc1[N+](=O)[O-])N1CCC(NC(=O)CCc2ccccc2)CC1. The maximum Gasteiger partial charge on any atom is 0.292 e. The van der Waals surface area contributed by atoms with Crippen LogP contribution in [-0.2, 0) is 16.0 Å². The van der Waals surface area contributed by atoms with Crippen molar-refractivity contribution < 1.29 is 14.5 Å². The first-order valence-corrected chi connectivity index (χ1v) is 10.6. The van der Waals surface area contributed by atoms with Crippen LogP contribution in [0.25, 0.3) is 0 Å². The van der Waals surface area contributed by atoms with Crippen LogP contribution in [0.1, 0.15) is 31.7 Å². The minimum Gasteiger partial charge on any atom is -0.353 e. The molecule has 164 valence electrons. The molecule has 0 aliphatic carbocycles. The molecular weight excluding hydrogens is 396 g/mol. The van der Waals surface area contributed by atoms with Gasteiger partial charge in [0.15, 0.2) is 0 Å². The Labute approximate surface area is 181 Å². The summed E-state index contributed by atoms with van der Waals surface area (Å²) in [6.07, 6.45) is 2.70. The fourth-order valence-corrected chi connectivity index (χ4v) is 3.78. The van der Waals surface area contributed by atoms with Crippen LogP contribution in [-0.4, -0.2) is 46.8 Å². The molecule has 2 aromatic rings. The molecule has 0 aromatic heterocycles. The summed E-state index contributed by atoms with van der Waals surface area (Å²) >= 11 is 0. The Bertz CT molecular complexity index is 911. The maximum atomic E-state index is 12.6. The second-order valence-electron chi connectivity index (χ2n) is 7.80. The summed E-state index contributed by atoms with van der Waals surface area (Å²) in [6.45, 7) is 3.15. The van der Waals surface area contributed by atoms with E-state index < -0.39 is 11.0 Å². The number of piperidine rings is 1. The van der Waals surface area contributed by atoms with Gasteiger partial charge in [0.1, 0.15) is 5.69 Å². The van der Waals surface area contributed by atoms with Gasteiger partial charge in [-0.1, -0.05) is 42.5 Å². The van der Waals surface area contributed by atoms with Crippen LogP contribution >= 0.6 is 0 Å². The molecule has 2 amide bonds. The van der Waals surface area contributed by atoms with Gasteiger partial charge in [0, 0.05) is 31.6 Å². The highest BCUT2D eigenvalue weighted by atomic mass is 16.6. The molecule has 3 rings (SSSR count). The van der Waals surface area contributed by atoms with Gasteiger partial charge in [0.05, 0.1) is 11.0 Å². The lowest BCUT2D eigenvalue weighted by Gasteiger charge is -2.35. The third-order valence-electron chi connectivity index (χ3n) is 5.66. The van der Waals surface area contributed by atoms with E-state index in [9.17, 15) is 19.7 Å². The number of carbonyl (C=O) groups excluding carboxylic acids is 2. The summed E-state index contributed by atoms with van der Waals surface area (Å²) in [5, 5.41) is 16.9. The normalized spacial score (nSPS) is 15.8. The summed E-state index contributed by atoms with van der Waals surface area (Å²) in [5.74, 6) is -0.232. The summed E-state index contributed by atoms with van der Waals surface area (Å²) in [7, 11) is 0. The minimum absolute atomic E-state index is 0.0458. The number of nitrogens with zero attached hydrogens (tertiary/aromatic N) is 2. The van der Waals surface area contributed by atoms with Gasteiger partial charge in [-0.25, -0.2) is 0 Å². The molecule has 1 aliphatic heterocycles. The molecule has 0 spiro atoms. The number of anilines is 1. The first-order chi connectivity index (χ1) is 14.9. The number of nitro groups is 1. The van der Waals surface area contributed by atoms with E-state index in [1.165, 1.54) is 12.1 Å². The summed E-state index contributed by atoms with van der Waals surface area (Å²) in [4.78, 5) is 37.5. The molecule has 8 nitrogen and oxygen atoms in total. The van der Waals surface area contributed by atoms with E-state index in [0.717, 1.165) is 18.4 Å². The summed E-state index contributed by atoms with van der Waals surface area (Å²) in [6, 6.07) is 15.7. The van der Waals surface area contributed by atoms with Gasteiger partial charge in [-0.15, -0.1) is 0 Å². The number of likely N-dealkylation sites (tertiary alicyclic amines) is 1. The first kappa shape index (κ1) is 22.4. The molecule has 1 heterocycles. The molecular formula is C23H28N4O4. The fraction of sp³-hybridized carbons (Fsp3) is 0.391. The van der Waals surface area contributed by atoms with E-state index in [4.69, 9.17) is 0 Å². The van der Waals surface area contributed by atoms with Gasteiger partial charge in [0.25, 0.3) is 5.69 Å². The Morgan fingerprint density at radius 3 is 2.42 bits per heavy atom. The molecule has 1 fully saturated rings. The second kappa shape index (κ2) is 10.7. The molecule has 1 aliphatic rings. The van der Waals surface area contributed by atoms with Crippen molar-refractivity contribution in [3.8, 4) is 0 Å². The molecule has 0 bridgehead atoms. The number of nitrogens with one attached hydrogen (secondary N) is 2. The molecule has 1 atom stereocenters. The van der Waals surface area contributed by atoms with Crippen molar-refractivity contribution in [2.24, 2.45) is 0 Å². The molecule has 0 saturated carbocycles. The van der Waals surface area contributed by atoms with Crippen molar-refractivity contribution in [1.29, 1.82) is 0 Å². The van der Waals surface area contributed by atoms with Gasteiger partial charge in [-0.05, 0) is 37.8 Å². The number of benzene rings is 2. The van der Waals surface area contributed by atoms with E-state index in [-0.39, 0.29) is 29.2 Å².